The molecule has 0 aliphatic rings. The molecule has 1 aromatic rings. The molecule has 0 heterocycles. The molecule has 0 fully saturated rings. The van der Waals surface area contributed by atoms with Gasteiger partial charge >= 0.3 is 0 Å². The number of halogens is 1. The van der Waals surface area contributed by atoms with Crippen molar-refractivity contribution < 1.29 is 0 Å². The summed E-state index contributed by atoms with van der Waals surface area (Å²) in [6, 6.07) is 6.54. The van der Waals surface area contributed by atoms with E-state index in [-0.39, 0.29) is 0 Å². The maximum absolute atomic E-state index is 3.53. The summed E-state index contributed by atoms with van der Waals surface area (Å²) in [5.41, 5.74) is 2.86. The molecule has 1 N–H and O–H groups in total. The first-order valence-corrected chi connectivity index (χ1v) is 6.36. The first kappa shape index (κ1) is 12.7. The third kappa shape index (κ3) is 3.96. The summed E-state index contributed by atoms with van der Waals surface area (Å²) in [7, 11) is 2.02. The molecule has 0 amide bonds. The summed E-state index contributed by atoms with van der Waals surface area (Å²) in [6.45, 7) is 5.55. The second kappa shape index (κ2) is 6.29. The molecule has 84 valence electrons. The summed E-state index contributed by atoms with van der Waals surface area (Å²) in [6.07, 6.45) is 2.40. The predicted octanol–water partition coefficient (Wildman–Crippen LogP) is 3.55. The van der Waals surface area contributed by atoms with Crippen molar-refractivity contribution >= 4 is 15.9 Å². The zero-order valence-corrected chi connectivity index (χ0v) is 11.4. The summed E-state index contributed by atoms with van der Waals surface area (Å²) in [4.78, 5) is 0. The van der Waals surface area contributed by atoms with Gasteiger partial charge in [-0.05, 0) is 56.1 Å². The average Bonchev–Trinajstić information content (AvgIpc) is 2.22. The van der Waals surface area contributed by atoms with E-state index < -0.39 is 0 Å². The van der Waals surface area contributed by atoms with Gasteiger partial charge in [0.25, 0.3) is 0 Å². The molecule has 15 heavy (non-hydrogen) atoms. The average molecular weight is 270 g/mol. The van der Waals surface area contributed by atoms with Gasteiger partial charge in [-0.2, -0.15) is 0 Å². The van der Waals surface area contributed by atoms with Crippen LogP contribution in [-0.2, 0) is 6.42 Å². The van der Waals surface area contributed by atoms with E-state index in [2.05, 4.69) is 53.3 Å². The summed E-state index contributed by atoms with van der Waals surface area (Å²) < 4.78 is 1.18. The minimum Gasteiger partial charge on any atom is -0.319 e. The van der Waals surface area contributed by atoms with Crippen molar-refractivity contribution in [3.05, 3.63) is 33.8 Å². The third-order valence-electron chi connectivity index (χ3n) is 2.89. The van der Waals surface area contributed by atoms with Crippen LogP contribution in [-0.4, -0.2) is 13.6 Å². The molecule has 1 aromatic carbocycles. The van der Waals surface area contributed by atoms with Gasteiger partial charge in [0.2, 0.25) is 0 Å². The lowest BCUT2D eigenvalue weighted by Gasteiger charge is -2.16. The predicted molar refractivity (Wildman–Crippen MR) is 70.3 cm³/mol. The molecule has 0 radical (unpaired) electrons. The Morgan fingerprint density at radius 3 is 2.73 bits per heavy atom. The van der Waals surface area contributed by atoms with E-state index in [1.807, 2.05) is 7.05 Å². The maximum atomic E-state index is 3.53. The van der Waals surface area contributed by atoms with Crippen molar-refractivity contribution in [1.29, 1.82) is 0 Å². The topological polar surface area (TPSA) is 12.0 Å². The molecule has 0 aliphatic carbocycles. The fourth-order valence-electron chi connectivity index (χ4n) is 1.82. The first-order chi connectivity index (χ1) is 7.17. The van der Waals surface area contributed by atoms with Gasteiger partial charge in [-0.15, -0.1) is 0 Å². The number of rotatable bonds is 5. The van der Waals surface area contributed by atoms with E-state index in [1.165, 1.54) is 28.4 Å². The van der Waals surface area contributed by atoms with Crippen molar-refractivity contribution in [3.63, 3.8) is 0 Å². The van der Waals surface area contributed by atoms with Gasteiger partial charge in [-0.25, -0.2) is 0 Å². The second-order valence-corrected chi connectivity index (χ2v) is 5.02. The Morgan fingerprint density at radius 2 is 2.13 bits per heavy atom. The van der Waals surface area contributed by atoms with Crippen molar-refractivity contribution in [2.75, 3.05) is 13.6 Å². The van der Waals surface area contributed by atoms with Crippen LogP contribution in [0.1, 0.15) is 24.5 Å². The van der Waals surface area contributed by atoms with Crippen LogP contribution in [0.25, 0.3) is 0 Å². The van der Waals surface area contributed by atoms with Crippen LogP contribution in [0.15, 0.2) is 22.7 Å². The largest absolute Gasteiger partial charge is 0.319 e. The van der Waals surface area contributed by atoms with E-state index in [0.717, 1.165) is 12.5 Å². The highest BCUT2D eigenvalue weighted by molar-refractivity contribution is 9.10. The van der Waals surface area contributed by atoms with Crippen LogP contribution in [0.4, 0.5) is 0 Å². The van der Waals surface area contributed by atoms with Crippen molar-refractivity contribution in [2.24, 2.45) is 5.92 Å². The second-order valence-electron chi connectivity index (χ2n) is 4.11. The Morgan fingerprint density at radius 1 is 1.40 bits per heavy atom. The molecule has 1 rings (SSSR count). The molecule has 0 aromatic heterocycles. The SMILES string of the molecule is CCC(CNC)Cc1cc(Br)ccc1C. The van der Waals surface area contributed by atoms with E-state index in [1.54, 1.807) is 0 Å². The van der Waals surface area contributed by atoms with Crippen LogP contribution >= 0.6 is 15.9 Å². The Hall–Kier alpha value is -0.340. The monoisotopic (exact) mass is 269 g/mol. The van der Waals surface area contributed by atoms with Gasteiger partial charge in [0, 0.05) is 4.47 Å². The van der Waals surface area contributed by atoms with Gasteiger partial charge in [0.1, 0.15) is 0 Å². The molecule has 0 saturated heterocycles. The van der Waals surface area contributed by atoms with Gasteiger partial charge in [0.05, 0.1) is 0 Å². The van der Waals surface area contributed by atoms with Crippen LogP contribution < -0.4 is 5.32 Å². The van der Waals surface area contributed by atoms with Crippen molar-refractivity contribution in [2.45, 2.75) is 26.7 Å². The van der Waals surface area contributed by atoms with Gasteiger partial charge in [-0.1, -0.05) is 35.3 Å². The molecule has 0 bridgehead atoms. The Bertz CT molecular complexity index is 309. The van der Waals surface area contributed by atoms with Crippen LogP contribution in [0, 0.1) is 12.8 Å². The number of hydrogen-bond donors (Lipinski definition) is 1. The zero-order chi connectivity index (χ0) is 11.3. The molecular formula is C13H20BrN. The highest BCUT2D eigenvalue weighted by Gasteiger charge is 2.08. The molecular weight excluding hydrogens is 250 g/mol. The van der Waals surface area contributed by atoms with Gasteiger partial charge < -0.3 is 5.32 Å². The van der Waals surface area contributed by atoms with E-state index in [9.17, 15) is 0 Å². The number of nitrogens with one attached hydrogen (secondary N) is 1. The normalized spacial score (nSPS) is 12.8. The Labute approximate surface area is 101 Å². The van der Waals surface area contributed by atoms with E-state index in [4.69, 9.17) is 0 Å². The molecule has 0 saturated carbocycles. The van der Waals surface area contributed by atoms with Crippen LogP contribution in [0.5, 0.6) is 0 Å². The lowest BCUT2D eigenvalue weighted by Crippen LogP contribution is -2.20. The van der Waals surface area contributed by atoms with Gasteiger partial charge in [-0.3, -0.25) is 0 Å². The minimum atomic E-state index is 0.739. The molecule has 2 heteroatoms. The fraction of sp³-hybridized carbons (Fsp3) is 0.538. The Balaban J connectivity index is 2.73. The molecule has 1 nitrogen and oxygen atoms in total. The molecule has 1 unspecified atom stereocenters. The molecule has 0 aliphatic heterocycles. The third-order valence-corrected chi connectivity index (χ3v) is 3.38. The zero-order valence-electron chi connectivity index (χ0n) is 9.81. The van der Waals surface area contributed by atoms with E-state index >= 15 is 0 Å². The Kier molecular flexibility index (Phi) is 5.34. The molecule has 0 spiro atoms. The minimum absolute atomic E-state index is 0.739. The number of hydrogen-bond acceptors (Lipinski definition) is 1. The highest BCUT2D eigenvalue weighted by atomic mass is 79.9. The van der Waals surface area contributed by atoms with Crippen LogP contribution in [0.2, 0.25) is 0 Å². The van der Waals surface area contributed by atoms with Crippen molar-refractivity contribution in [1.82, 2.24) is 5.32 Å². The molecule has 1 atom stereocenters. The maximum Gasteiger partial charge on any atom is 0.0178 e. The van der Waals surface area contributed by atoms with Gasteiger partial charge in [0.15, 0.2) is 0 Å². The van der Waals surface area contributed by atoms with Crippen LogP contribution in [0.3, 0.4) is 0 Å². The lowest BCUT2D eigenvalue weighted by molar-refractivity contribution is 0.480. The first-order valence-electron chi connectivity index (χ1n) is 5.57. The standard InChI is InChI=1S/C13H20BrN/c1-4-11(9-15-3)7-12-8-13(14)6-5-10(12)2/h5-6,8,11,15H,4,7,9H2,1-3H3. The summed E-state index contributed by atoms with van der Waals surface area (Å²) >= 11 is 3.53. The number of aryl methyl sites for hydroxylation is 1. The fourth-order valence-corrected chi connectivity index (χ4v) is 2.23. The lowest BCUT2D eigenvalue weighted by atomic mass is 9.94. The smallest absolute Gasteiger partial charge is 0.0178 e. The van der Waals surface area contributed by atoms with Crippen molar-refractivity contribution in [3.8, 4) is 0 Å². The quantitative estimate of drug-likeness (QED) is 0.862. The number of benzene rings is 1. The summed E-state index contributed by atoms with van der Waals surface area (Å²) in [5.74, 6) is 0.739. The van der Waals surface area contributed by atoms with E-state index in [0.29, 0.717) is 0 Å². The highest BCUT2D eigenvalue weighted by Crippen LogP contribution is 2.20. The summed E-state index contributed by atoms with van der Waals surface area (Å²) in [5, 5.41) is 3.26.